The van der Waals surface area contributed by atoms with Crippen LogP contribution in [0.3, 0.4) is 0 Å². The van der Waals surface area contributed by atoms with Crippen LogP contribution >= 0.6 is 0 Å². The van der Waals surface area contributed by atoms with Crippen LogP contribution in [0.2, 0.25) is 0 Å². The number of aromatic amines is 1. The SMILES string of the molecule is COc1c2c(cc3c1[nH]c1ccccc13)[C@H]1O[C@@H]([C@H]2OC(C)=O)C(C)(C)O1. The molecule has 2 aromatic carbocycles. The zero-order valence-corrected chi connectivity index (χ0v) is 15.7. The molecule has 0 saturated carbocycles. The summed E-state index contributed by atoms with van der Waals surface area (Å²) in [6.45, 7) is 5.31. The molecule has 0 spiro atoms. The molecular formula is C21H21NO5. The van der Waals surface area contributed by atoms with Crippen LogP contribution in [0.5, 0.6) is 5.75 Å². The molecule has 0 amide bonds. The summed E-state index contributed by atoms with van der Waals surface area (Å²) in [4.78, 5) is 15.3. The Kier molecular flexibility index (Phi) is 3.36. The van der Waals surface area contributed by atoms with E-state index in [9.17, 15) is 4.79 Å². The highest BCUT2D eigenvalue weighted by atomic mass is 16.7. The van der Waals surface area contributed by atoms with E-state index < -0.39 is 24.1 Å². The molecule has 1 aromatic heterocycles. The second-order valence-corrected chi connectivity index (χ2v) is 7.65. The van der Waals surface area contributed by atoms with Crippen molar-refractivity contribution in [3.8, 4) is 5.75 Å². The Morgan fingerprint density at radius 1 is 1.22 bits per heavy atom. The van der Waals surface area contributed by atoms with E-state index in [0.29, 0.717) is 5.75 Å². The number of para-hydroxylation sites is 1. The molecule has 2 aliphatic rings. The van der Waals surface area contributed by atoms with Gasteiger partial charge < -0.3 is 23.9 Å². The number of aromatic nitrogens is 1. The van der Waals surface area contributed by atoms with Crippen molar-refractivity contribution in [2.24, 2.45) is 0 Å². The molecule has 5 rings (SSSR count). The monoisotopic (exact) mass is 367 g/mol. The minimum atomic E-state index is -0.600. The first-order valence-corrected chi connectivity index (χ1v) is 9.02. The Labute approximate surface area is 156 Å². The van der Waals surface area contributed by atoms with Gasteiger partial charge in [-0.25, -0.2) is 0 Å². The van der Waals surface area contributed by atoms with Gasteiger partial charge in [0.1, 0.15) is 11.9 Å². The highest BCUT2D eigenvalue weighted by molar-refractivity contribution is 6.10. The number of hydrogen-bond acceptors (Lipinski definition) is 5. The zero-order chi connectivity index (χ0) is 18.9. The third kappa shape index (κ3) is 2.23. The van der Waals surface area contributed by atoms with Crippen molar-refractivity contribution in [3.63, 3.8) is 0 Å². The van der Waals surface area contributed by atoms with Crippen molar-refractivity contribution in [1.29, 1.82) is 0 Å². The van der Waals surface area contributed by atoms with Crippen LogP contribution in [0.1, 0.15) is 44.3 Å². The molecule has 27 heavy (non-hydrogen) atoms. The lowest BCUT2D eigenvalue weighted by molar-refractivity contribution is -0.160. The molecule has 2 bridgehead atoms. The number of nitrogens with one attached hydrogen (secondary N) is 1. The number of ether oxygens (including phenoxy) is 4. The maximum Gasteiger partial charge on any atom is 0.303 e. The van der Waals surface area contributed by atoms with E-state index >= 15 is 0 Å². The van der Waals surface area contributed by atoms with E-state index in [0.717, 1.165) is 32.9 Å². The van der Waals surface area contributed by atoms with E-state index in [1.54, 1.807) is 7.11 Å². The first-order valence-electron chi connectivity index (χ1n) is 9.02. The van der Waals surface area contributed by atoms with Gasteiger partial charge in [-0.3, -0.25) is 4.79 Å². The number of carbonyl (C=O) groups is 1. The fraction of sp³-hybridized carbons (Fsp3) is 0.381. The van der Waals surface area contributed by atoms with Gasteiger partial charge in [-0.15, -0.1) is 0 Å². The van der Waals surface area contributed by atoms with E-state index in [2.05, 4.69) is 17.1 Å². The second kappa shape index (κ2) is 5.47. The normalized spacial score (nSPS) is 25.6. The third-order valence-corrected chi connectivity index (χ3v) is 5.51. The maximum atomic E-state index is 11.8. The maximum absolute atomic E-state index is 11.8. The first-order chi connectivity index (χ1) is 12.9. The van der Waals surface area contributed by atoms with Crippen LogP contribution in [0, 0.1) is 0 Å². The molecule has 0 aliphatic carbocycles. The van der Waals surface area contributed by atoms with Crippen LogP contribution in [0.15, 0.2) is 30.3 Å². The summed E-state index contributed by atoms with van der Waals surface area (Å²) in [5.74, 6) is 0.305. The Bertz CT molecular complexity index is 1080. The number of carbonyl (C=O) groups excluding carboxylic acids is 1. The number of fused-ring (bicyclic) bond motifs is 7. The summed E-state index contributed by atoms with van der Waals surface area (Å²) in [6.07, 6.45) is -1.52. The Hall–Kier alpha value is -2.57. The van der Waals surface area contributed by atoms with Crippen LogP contribution in [0.4, 0.5) is 0 Å². The summed E-state index contributed by atoms with van der Waals surface area (Å²) in [7, 11) is 1.63. The minimum absolute atomic E-state index is 0.366. The predicted octanol–water partition coefficient (Wildman–Crippen LogP) is 4.14. The lowest BCUT2D eigenvalue weighted by Crippen LogP contribution is -2.40. The number of esters is 1. The molecule has 1 fully saturated rings. The molecule has 1 N–H and O–H groups in total. The largest absolute Gasteiger partial charge is 0.494 e. The molecule has 2 aliphatic heterocycles. The molecule has 6 heteroatoms. The number of H-pyrrole nitrogens is 1. The van der Waals surface area contributed by atoms with Gasteiger partial charge in [-0.05, 0) is 26.0 Å². The molecule has 6 nitrogen and oxygen atoms in total. The van der Waals surface area contributed by atoms with Gasteiger partial charge in [0.05, 0.1) is 18.2 Å². The number of rotatable bonds is 2. The lowest BCUT2D eigenvalue weighted by atomic mass is 9.88. The quantitative estimate of drug-likeness (QED) is 0.690. The smallest absolute Gasteiger partial charge is 0.303 e. The highest BCUT2D eigenvalue weighted by Gasteiger charge is 2.55. The van der Waals surface area contributed by atoms with Crippen LogP contribution in [-0.4, -0.2) is 29.8 Å². The van der Waals surface area contributed by atoms with Crippen molar-refractivity contribution < 1.29 is 23.7 Å². The van der Waals surface area contributed by atoms with Gasteiger partial charge in [0.15, 0.2) is 12.4 Å². The van der Waals surface area contributed by atoms with Crippen molar-refractivity contribution in [3.05, 3.63) is 41.5 Å². The van der Waals surface area contributed by atoms with Gasteiger partial charge in [0.2, 0.25) is 0 Å². The van der Waals surface area contributed by atoms with Gasteiger partial charge in [-0.2, -0.15) is 0 Å². The second-order valence-electron chi connectivity index (χ2n) is 7.65. The Morgan fingerprint density at radius 2 is 2.00 bits per heavy atom. The lowest BCUT2D eigenvalue weighted by Gasteiger charge is -2.33. The fourth-order valence-electron chi connectivity index (χ4n) is 4.38. The summed E-state index contributed by atoms with van der Waals surface area (Å²) in [5, 5.41) is 2.12. The van der Waals surface area contributed by atoms with Crippen LogP contribution in [-0.2, 0) is 19.0 Å². The molecule has 3 aromatic rings. The van der Waals surface area contributed by atoms with Crippen LogP contribution < -0.4 is 4.74 Å². The minimum Gasteiger partial charge on any atom is -0.494 e. The van der Waals surface area contributed by atoms with Crippen molar-refractivity contribution in [2.45, 2.75) is 44.9 Å². The molecule has 0 radical (unpaired) electrons. The molecule has 1 saturated heterocycles. The van der Waals surface area contributed by atoms with Gasteiger partial charge in [0.25, 0.3) is 0 Å². The summed E-state index contributed by atoms with van der Waals surface area (Å²) >= 11 is 0. The molecule has 3 heterocycles. The van der Waals surface area contributed by atoms with E-state index in [-0.39, 0.29) is 5.97 Å². The highest BCUT2D eigenvalue weighted by Crippen LogP contribution is 2.55. The van der Waals surface area contributed by atoms with Crippen LogP contribution in [0.25, 0.3) is 21.8 Å². The summed E-state index contributed by atoms with van der Waals surface area (Å²) in [6, 6.07) is 10.1. The van der Waals surface area contributed by atoms with Crippen molar-refractivity contribution in [2.75, 3.05) is 7.11 Å². The first kappa shape index (κ1) is 16.6. The molecule has 0 unspecified atom stereocenters. The fourth-order valence-corrected chi connectivity index (χ4v) is 4.38. The number of methoxy groups -OCH3 is 1. The van der Waals surface area contributed by atoms with E-state index in [1.165, 1.54) is 6.92 Å². The molecular weight excluding hydrogens is 346 g/mol. The van der Waals surface area contributed by atoms with E-state index in [4.69, 9.17) is 18.9 Å². The van der Waals surface area contributed by atoms with Gasteiger partial charge in [-0.1, -0.05) is 18.2 Å². The summed E-state index contributed by atoms with van der Waals surface area (Å²) in [5.41, 5.74) is 2.97. The van der Waals surface area contributed by atoms with E-state index in [1.807, 2.05) is 32.0 Å². The molecule has 3 atom stereocenters. The molecule has 140 valence electrons. The average Bonchev–Trinajstić information content (AvgIpc) is 3.12. The van der Waals surface area contributed by atoms with Gasteiger partial charge in [0, 0.05) is 34.3 Å². The predicted molar refractivity (Wildman–Crippen MR) is 99.6 cm³/mol. The average molecular weight is 367 g/mol. The topological polar surface area (TPSA) is 69.8 Å². The van der Waals surface area contributed by atoms with Crippen molar-refractivity contribution in [1.82, 2.24) is 4.98 Å². The number of benzene rings is 2. The summed E-state index contributed by atoms with van der Waals surface area (Å²) < 4.78 is 23.8. The standard InChI is InChI=1S/C21H21NO5/c1-10(23)25-18-15-13(20-26-19(18)21(2,3)27-20)9-12-11-7-5-6-8-14(11)22-16(12)17(15)24-4/h5-9,18-20,22H,1-4H3/t18-,19-,20-/m0/s1. The third-order valence-electron chi connectivity index (χ3n) is 5.51. The zero-order valence-electron chi connectivity index (χ0n) is 15.7. The Morgan fingerprint density at radius 3 is 2.74 bits per heavy atom. The van der Waals surface area contributed by atoms with Gasteiger partial charge >= 0.3 is 5.97 Å². The van der Waals surface area contributed by atoms with Crippen molar-refractivity contribution >= 4 is 27.8 Å². The Balaban J connectivity index is 1.85. The number of hydrogen-bond donors (Lipinski definition) is 1.